The maximum absolute atomic E-state index is 13.5. The van der Waals surface area contributed by atoms with Gasteiger partial charge in [0.2, 0.25) is 0 Å². The highest BCUT2D eigenvalue weighted by Crippen LogP contribution is 2.28. The minimum Gasteiger partial charge on any atom is -0.481 e. The predicted octanol–water partition coefficient (Wildman–Crippen LogP) is 1.95. The van der Waals surface area contributed by atoms with Crippen molar-refractivity contribution < 1.29 is 19.1 Å². The number of benzene rings is 1. The average molecular weight is 331 g/mol. The van der Waals surface area contributed by atoms with Gasteiger partial charge in [0.1, 0.15) is 5.82 Å². The van der Waals surface area contributed by atoms with E-state index in [0.29, 0.717) is 11.4 Å². The summed E-state index contributed by atoms with van der Waals surface area (Å²) in [6.07, 6.45) is 2.42. The number of aromatic nitrogens is 2. The van der Waals surface area contributed by atoms with Crippen molar-refractivity contribution in [2.45, 2.75) is 26.2 Å². The van der Waals surface area contributed by atoms with Gasteiger partial charge in [0.05, 0.1) is 11.6 Å². The van der Waals surface area contributed by atoms with E-state index in [4.69, 9.17) is 5.11 Å². The lowest BCUT2D eigenvalue weighted by molar-refractivity contribution is -0.140. The lowest BCUT2D eigenvalue weighted by atomic mass is 10.1. The number of aliphatic carboxylic acids is 1. The summed E-state index contributed by atoms with van der Waals surface area (Å²) in [5.74, 6) is -2.40. The van der Waals surface area contributed by atoms with Gasteiger partial charge in [0, 0.05) is 17.8 Å². The van der Waals surface area contributed by atoms with E-state index in [9.17, 15) is 14.0 Å². The Labute approximate surface area is 138 Å². The minimum atomic E-state index is -0.967. The topological polar surface area (TPSA) is 84.2 Å². The van der Waals surface area contributed by atoms with Gasteiger partial charge in [-0.1, -0.05) is 13.0 Å². The van der Waals surface area contributed by atoms with E-state index in [1.54, 1.807) is 16.8 Å². The monoisotopic (exact) mass is 331 g/mol. The number of amides is 1. The summed E-state index contributed by atoms with van der Waals surface area (Å²) >= 11 is 0. The van der Waals surface area contributed by atoms with E-state index in [0.717, 1.165) is 30.5 Å². The lowest BCUT2D eigenvalue weighted by Gasteiger charge is -2.08. The van der Waals surface area contributed by atoms with Crippen molar-refractivity contribution in [1.82, 2.24) is 15.1 Å². The van der Waals surface area contributed by atoms with Crippen molar-refractivity contribution in [3.8, 4) is 5.69 Å². The number of carboxylic acid groups (broad SMARTS) is 1. The molecule has 0 aliphatic heterocycles. The molecule has 0 fully saturated rings. The molecule has 6 nitrogen and oxygen atoms in total. The molecule has 1 heterocycles. The normalized spacial score (nSPS) is 14.2. The first-order chi connectivity index (χ1) is 11.5. The second-order valence-corrected chi connectivity index (χ2v) is 5.97. The molecule has 0 spiro atoms. The highest BCUT2D eigenvalue weighted by atomic mass is 19.1. The van der Waals surface area contributed by atoms with Crippen LogP contribution >= 0.6 is 0 Å². The van der Waals surface area contributed by atoms with Gasteiger partial charge in [-0.3, -0.25) is 9.59 Å². The fraction of sp³-hybridized carbons (Fsp3) is 0.353. The van der Waals surface area contributed by atoms with Crippen LogP contribution in [0.1, 0.15) is 35.1 Å². The molecule has 1 aliphatic rings. The number of nitrogens with zero attached hydrogens (tertiary/aromatic N) is 2. The molecule has 7 heteroatoms. The van der Waals surface area contributed by atoms with Crippen LogP contribution in [-0.2, 0) is 17.6 Å². The third kappa shape index (κ3) is 3.02. The van der Waals surface area contributed by atoms with Crippen LogP contribution in [0.15, 0.2) is 24.3 Å². The van der Waals surface area contributed by atoms with Crippen LogP contribution < -0.4 is 5.32 Å². The van der Waals surface area contributed by atoms with E-state index < -0.39 is 17.8 Å². The third-order valence-electron chi connectivity index (χ3n) is 4.19. The zero-order chi connectivity index (χ0) is 17.3. The van der Waals surface area contributed by atoms with Crippen molar-refractivity contribution >= 4 is 11.9 Å². The maximum atomic E-state index is 13.5. The van der Waals surface area contributed by atoms with Gasteiger partial charge in [-0.15, -0.1) is 0 Å². The summed E-state index contributed by atoms with van der Waals surface area (Å²) in [6.45, 7) is 1.56. The summed E-state index contributed by atoms with van der Waals surface area (Å²) in [6, 6.07) is 6.07. The third-order valence-corrected chi connectivity index (χ3v) is 4.19. The first-order valence-corrected chi connectivity index (χ1v) is 7.85. The van der Waals surface area contributed by atoms with Crippen LogP contribution in [-0.4, -0.2) is 33.3 Å². The Morgan fingerprint density at radius 2 is 2.21 bits per heavy atom. The summed E-state index contributed by atoms with van der Waals surface area (Å²) in [4.78, 5) is 23.2. The highest BCUT2D eigenvalue weighted by molar-refractivity contribution is 5.94. The number of halogens is 1. The molecule has 1 aromatic heterocycles. The molecule has 0 saturated carbocycles. The Balaban J connectivity index is 1.89. The molecule has 1 unspecified atom stereocenters. The van der Waals surface area contributed by atoms with E-state index >= 15 is 0 Å². The summed E-state index contributed by atoms with van der Waals surface area (Å²) in [5, 5.41) is 15.9. The molecule has 1 atom stereocenters. The van der Waals surface area contributed by atoms with Crippen molar-refractivity contribution in [2.24, 2.45) is 5.92 Å². The van der Waals surface area contributed by atoms with Gasteiger partial charge >= 0.3 is 5.97 Å². The van der Waals surface area contributed by atoms with Crippen LogP contribution in [0.2, 0.25) is 0 Å². The Hall–Kier alpha value is -2.70. The predicted molar refractivity (Wildman–Crippen MR) is 84.7 cm³/mol. The van der Waals surface area contributed by atoms with Gasteiger partial charge in [-0.25, -0.2) is 9.07 Å². The molecular weight excluding hydrogens is 313 g/mol. The quantitative estimate of drug-likeness (QED) is 0.877. The van der Waals surface area contributed by atoms with Crippen molar-refractivity contribution in [1.29, 1.82) is 0 Å². The number of carbonyl (C=O) groups is 2. The molecule has 2 N–H and O–H groups in total. The van der Waals surface area contributed by atoms with E-state index in [1.807, 2.05) is 0 Å². The van der Waals surface area contributed by atoms with Crippen molar-refractivity contribution in [2.75, 3.05) is 6.54 Å². The second-order valence-electron chi connectivity index (χ2n) is 5.97. The summed E-state index contributed by atoms with van der Waals surface area (Å²) in [5.41, 5.74) is 2.65. The molecule has 2 aromatic rings. The molecule has 1 aromatic carbocycles. The van der Waals surface area contributed by atoms with Crippen LogP contribution in [0.5, 0.6) is 0 Å². The van der Waals surface area contributed by atoms with E-state index in [1.165, 1.54) is 19.1 Å². The SMILES string of the molecule is CC(CNC(=O)c1nn(-c2cccc(F)c2)c2c1CCC2)C(=O)O. The minimum absolute atomic E-state index is 0.0375. The van der Waals surface area contributed by atoms with E-state index in [-0.39, 0.29) is 12.4 Å². The van der Waals surface area contributed by atoms with Gasteiger partial charge in [-0.2, -0.15) is 5.10 Å². The first kappa shape index (κ1) is 16.2. The zero-order valence-corrected chi connectivity index (χ0v) is 13.3. The van der Waals surface area contributed by atoms with Gasteiger partial charge in [0.15, 0.2) is 5.69 Å². The van der Waals surface area contributed by atoms with Crippen LogP contribution in [0, 0.1) is 11.7 Å². The Morgan fingerprint density at radius 1 is 1.42 bits per heavy atom. The smallest absolute Gasteiger partial charge is 0.308 e. The Bertz CT molecular complexity index is 800. The van der Waals surface area contributed by atoms with Gasteiger partial charge in [-0.05, 0) is 37.5 Å². The second kappa shape index (κ2) is 6.43. The van der Waals surface area contributed by atoms with Crippen LogP contribution in [0.4, 0.5) is 4.39 Å². The number of fused-ring (bicyclic) bond motifs is 1. The number of carbonyl (C=O) groups excluding carboxylic acids is 1. The lowest BCUT2D eigenvalue weighted by Crippen LogP contribution is -2.32. The number of hydrogen-bond acceptors (Lipinski definition) is 3. The number of nitrogens with one attached hydrogen (secondary N) is 1. The standard InChI is InChI=1S/C17H18FN3O3/c1-10(17(23)24)9-19-16(22)15-13-6-3-7-14(13)21(20-15)12-5-2-4-11(18)8-12/h2,4-5,8,10H,3,6-7,9H2,1H3,(H,19,22)(H,23,24). The fourth-order valence-electron chi connectivity index (χ4n) is 2.86. The highest BCUT2D eigenvalue weighted by Gasteiger charge is 2.27. The maximum Gasteiger partial charge on any atom is 0.308 e. The van der Waals surface area contributed by atoms with Crippen molar-refractivity contribution in [3.63, 3.8) is 0 Å². The number of carboxylic acids is 1. The number of hydrogen-bond donors (Lipinski definition) is 2. The van der Waals surface area contributed by atoms with Crippen molar-refractivity contribution in [3.05, 3.63) is 47.0 Å². The van der Waals surface area contributed by atoms with Gasteiger partial charge < -0.3 is 10.4 Å². The Morgan fingerprint density at radius 3 is 2.92 bits per heavy atom. The molecule has 0 saturated heterocycles. The van der Waals surface area contributed by atoms with E-state index in [2.05, 4.69) is 10.4 Å². The molecule has 24 heavy (non-hydrogen) atoms. The molecular formula is C17H18FN3O3. The van der Waals surface area contributed by atoms with Crippen LogP contribution in [0.3, 0.4) is 0 Å². The molecule has 1 amide bonds. The molecule has 1 aliphatic carbocycles. The Kier molecular flexibility index (Phi) is 4.33. The van der Waals surface area contributed by atoms with Crippen LogP contribution in [0.25, 0.3) is 5.69 Å². The largest absolute Gasteiger partial charge is 0.481 e. The van der Waals surface area contributed by atoms with Gasteiger partial charge in [0.25, 0.3) is 5.91 Å². The average Bonchev–Trinajstić information content (AvgIpc) is 3.14. The molecule has 126 valence electrons. The zero-order valence-electron chi connectivity index (χ0n) is 13.3. The molecule has 0 radical (unpaired) electrons. The summed E-state index contributed by atoms with van der Waals surface area (Å²) < 4.78 is 15.1. The first-order valence-electron chi connectivity index (χ1n) is 7.85. The molecule has 0 bridgehead atoms. The fourth-order valence-corrected chi connectivity index (χ4v) is 2.86. The molecule has 3 rings (SSSR count). The summed E-state index contributed by atoms with van der Waals surface area (Å²) in [7, 11) is 0. The number of rotatable bonds is 5.